The van der Waals surface area contributed by atoms with Gasteiger partial charge in [0.2, 0.25) is 0 Å². The van der Waals surface area contributed by atoms with Gasteiger partial charge in [-0.2, -0.15) is 0 Å². The molecule has 164 valence electrons. The summed E-state index contributed by atoms with van der Waals surface area (Å²) in [6.45, 7) is 6.93. The standard InChI is InChI=1S/C24H26BrNO5/c1-4-28-22(27)13-20-23-21(30-24(2,3)31-23)14-26(20)19-11-10-17(12-18(19)25)29-15-16-8-6-5-7-9-16/h5-13,21,23H,4,14-15H2,1-3H3/b20-13+/t21-,23+/m1/s1. The van der Waals surface area contributed by atoms with Gasteiger partial charge in [-0.15, -0.1) is 0 Å². The van der Waals surface area contributed by atoms with Gasteiger partial charge in [0.15, 0.2) is 5.79 Å². The number of hydrogen-bond donors (Lipinski definition) is 0. The van der Waals surface area contributed by atoms with Crippen LogP contribution in [0.5, 0.6) is 5.75 Å². The number of halogens is 1. The van der Waals surface area contributed by atoms with E-state index in [4.69, 9.17) is 18.9 Å². The third kappa shape index (κ3) is 4.95. The minimum atomic E-state index is -0.693. The van der Waals surface area contributed by atoms with Crippen molar-refractivity contribution in [2.45, 2.75) is 45.4 Å². The molecule has 0 N–H and O–H groups in total. The summed E-state index contributed by atoms with van der Waals surface area (Å²) >= 11 is 3.66. The van der Waals surface area contributed by atoms with Crippen molar-refractivity contribution in [2.24, 2.45) is 0 Å². The maximum atomic E-state index is 12.2. The highest BCUT2D eigenvalue weighted by Gasteiger charge is 2.50. The fourth-order valence-corrected chi connectivity index (χ4v) is 4.47. The van der Waals surface area contributed by atoms with E-state index >= 15 is 0 Å². The molecular formula is C24H26BrNO5. The molecule has 2 saturated heterocycles. The lowest BCUT2D eigenvalue weighted by Gasteiger charge is -2.27. The molecule has 0 spiro atoms. The molecule has 0 radical (unpaired) electrons. The lowest BCUT2D eigenvalue weighted by atomic mass is 10.2. The maximum Gasteiger partial charge on any atom is 0.332 e. The first-order valence-electron chi connectivity index (χ1n) is 10.3. The van der Waals surface area contributed by atoms with Gasteiger partial charge in [0.1, 0.15) is 24.6 Å². The van der Waals surface area contributed by atoms with Gasteiger partial charge in [-0.1, -0.05) is 30.3 Å². The van der Waals surface area contributed by atoms with E-state index < -0.39 is 11.8 Å². The van der Waals surface area contributed by atoms with Crippen molar-refractivity contribution in [3.05, 3.63) is 70.3 Å². The number of carbonyl (C=O) groups is 1. The fraction of sp³-hybridized carbons (Fsp3) is 0.375. The number of anilines is 1. The van der Waals surface area contributed by atoms with Crippen molar-refractivity contribution >= 4 is 27.6 Å². The molecule has 31 heavy (non-hydrogen) atoms. The van der Waals surface area contributed by atoms with Crippen molar-refractivity contribution in [1.82, 2.24) is 0 Å². The van der Waals surface area contributed by atoms with Gasteiger partial charge in [-0.3, -0.25) is 0 Å². The van der Waals surface area contributed by atoms with Crippen LogP contribution in [0.1, 0.15) is 26.3 Å². The van der Waals surface area contributed by atoms with Gasteiger partial charge in [-0.05, 0) is 60.5 Å². The molecule has 0 amide bonds. The first kappa shape index (κ1) is 21.9. The van der Waals surface area contributed by atoms with Crippen LogP contribution >= 0.6 is 15.9 Å². The number of hydrogen-bond acceptors (Lipinski definition) is 6. The second-order valence-electron chi connectivity index (χ2n) is 7.91. The van der Waals surface area contributed by atoms with E-state index in [0.29, 0.717) is 19.8 Å². The average molecular weight is 488 g/mol. The fourth-order valence-electron chi connectivity index (χ4n) is 3.90. The molecule has 0 saturated carbocycles. The summed E-state index contributed by atoms with van der Waals surface area (Å²) in [6, 6.07) is 15.8. The van der Waals surface area contributed by atoms with Crippen molar-refractivity contribution in [2.75, 3.05) is 18.1 Å². The Morgan fingerprint density at radius 3 is 2.71 bits per heavy atom. The molecule has 0 aromatic heterocycles. The Bertz CT molecular complexity index is 975. The van der Waals surface area contributed by atoms with Crippen LogP contribution in [-0.4, -0.2) is 37.1 Å². The average Bonchev–Trinajstić information content (AvgIpc) is 3.20. The van der Waals surface area contributed by atoms with Crippen molar-refractivity contribution in [3.63, 3.8) is 0 Å². The normalized spacial score (nSPS) is 23.1. The van der Waals surface area contributed by atoms with E-state index in [-0.39, 0.29) is 12.2 Å². The van der Waals surface area contributed by atoms with Gasteiger partial charge in [-0.25, -0.2) is 4.79 Å². The van der Waals surface area contributed by atoms with E-state index in [0.717, 1.165) is 27.2 Å². The van der Waals surface area contributed by atoms with Crippen molar-refractivity contribution < 1.29 is 23.7 Å². The lowest BCUT2D eigenvalue weighted by Crippen LogP contribution is -2.29. The molecule has 0 aliphatic carbocycles. The Balaban J connectivity index is 1.56. The van der Waals surface area contributed by atoms with Gasteiger partial charge in [0.25, 0.3) is 0 Å². The molecule has 2 aromatic carbocycles. The number of rotatable bonds is 6. The maximum absolute atomic E-state index is 12.2. The molecule has 0 bridgehead atoms. The van der Waals surface area contributed by atoms with Gasteiger partial charge >= 0.3 is 5.97 Å². The lowest BCUT2D eigenvalue weighted by molar-refractivity contribution is -0.146. The van der Waals surface area contributed by atoms with Crippen molar-refractivity contribution in [3.8, 4) is 5.75 Å². The summed E-state index contributed by atoms with van der Waals surface area (Å²) in [5.74, 6) is -0.333. The molecule has 2 fully saturated rings. The van der Waals surface area contributed by atoms with Crippen LogP contribution in [0.2, 0.25) is 0 Å². The monoisotopic (exact) mass is 487 g/mol. The number of nitrogens with zero attached hydrogens (tertiary/aromatic N) is 1. The summed E-state index contributed by atoms with van der Waals surface area (Å²) in [6.07, 6.45) is 1.00. The highest BCUT2D eigenvalue weighted by atomic mass is 79.9. The van der Waals surface area contributed by atoms with E-state index in [1.165, 1.54) is 6.08 Å². The van der Waals surface area contributed by atoms with Crippen molar-refractivity contribution in [1.29, 1.82) is 0 Å². The summed E-state index contributed by atoms with van der Waals surface area (Å²) in [4.78, 5) is 14.3. The third-order valence-electron chi connectivity index (χ3n) is 5.16. The largest absolute Gasteiger partial charge is 0.489 e. The molecule has 2 aromatic rings. The Hall–Kier alpha value is -2.35. The van der Waals surface area contributed by atoms with Gasteiger partial charge < -0.3 is 23.8 Å². The van der Waals surface area contributed by atoms with E-state index in [9.17, 15) is 4.79 Å². The van der Waals surface area contributed by atoms with Crippen LogP contribution in [0.3, 0.4) is 0 Å². The highest BCUT2D eigenvalue weighted by Crippen LogP contribution is 2.43. The molecule has 2 heterocycles. The molecular weight excluding hydrogens is 462 g/mol. The Labute approximate surface area is 190 Å². The van der Waals surface area contributed by atoms with Gasteiger partial charge in [0.05, 0.1) is 24.5 Å². The van der Waals surface area contributed by atoms with Crippen LogP contribution in [0, 0.1) is 0 Å². The molecule has 2 aliphatic heterocycles. The van der Waals surface area contributed by atoms with E-state index in [1.807, 2.05) is 67.3 Å². The summed E-state index contributed by atoms with van der Waals surface area (Å²) in [5.41, 5.74) is 2.74. The van der Waals surface area contributed by atoms with E-state index in [2.05, 4.69) is 15.9 Å². The number of fused-ring (bicyclic) bond motifs is 1. The quantitative estimate of drug-likeness (QED) is 0.430. The topological polar surface area (TPSA) is 57.2 Å². The Morgan fingerprint density at radius 2 is 2.00 bits per heavy atom. The predicted octanol–water partition coefficient (Wildman–Crippen LogP) is 4.82. The highest BCUT2D eigenvalue weighted by molar-refractivity contribution is 9.10. The number of carbonyl (C=O) groups excluding carboxylic acids is 1. The van der Waals surface area contributed by atoms with Crippen LogP contribution in [0.25, 0.3) is 0 Å². The first-order chi connectivity index (χ1) is 14.9. The molecule has 0 unspecified atom stereocenters. The minimum Gasteiger partial charge on any atom is -0.489 e. The van der Waals surface area contributed by atoms with E-state index in [1.54, 1.807) is 6.92 Å². The van der Waals surface area contributed by atoms with Crippen LogP contribution in [0.15, 0.2) is 64.8 Å². The zero-order valence-electron chi connectivity index (χ0n) is 17.8. The number of ether oxygens (including phenoxy) is 4. The number of benzene rings is 2. The smallest absolute Gasteiger partial charge is 0.332 e. The molecule has 2 aliphatic rings. The molecule has 6 nitrogen and oxygen atoms in total. The third-order valence-corrected chi connectivity index (χ3v) is 5.80. The zero-order valence-corrected chi connectivity index (χ0v) is 19.4. The molecule has 7 heteroatoms. The Kier molecular flexibility index (Phi) is 6.36. The van der Waals surface area contributed by atoms with Crippen LogP contribution < -0.4 is 9.64 Å². The number of esters is 1. The zero-order chi connectivity index (χ0) is 22.0. The predicted molar refractivity (Wildman–Crippen MR) is 121 cm³/mol. The summed E-state index contributed by atoms with van der Waals surface area (Å²) in [5, 5.41) is 0. The second-order valence-corrected chi connectivity index (χ2v) is 8.77. The Morgan fingerprint density at radius 1 is 1.23 bits per heavy atom. The van der Waals surface area contributed by atoms with Gasteiger partial charge in [0, 0.05) is 10.5 Å². The summed E-state index contributed by atoms with van der Waals surface area (Å²) in [7, 11) is 0. The second kappa shape index (κ2) is 9.02. The summed E-state index contributed by atoms with van der Waals surface area (Å²) < 4.78 is 24.1. The van der Waals surface area contributed by atoms with Crippen LogP contribution in [0.4, 0.5) is 5.69 Å². The SMILES string of the molecule is CCOC(=O)/C=C1\[C@@H]2OC(C)(C)O[C@@H]2CN1c1ccc(OCc2ccccc2)cc1Br. The molecule has 2 atom stereocenters. The minimum absolute atomic E-state index is 0.170. The van der Waals surface area contributed by atoms with Crippen LogP contribution in [-0.2, 0) is 25.6 Å². The first-order valence-corrected chi connectivity index (χ1v) is 11.1. The molecule has 4 rings (SSSR count).